The largest absolute Gasteiger partial charge is 0.494 e. The van der Waals surface area contributed by atoms with Gasteiger partial charge in [-0.15, -0.1) is 0 Å². The highest BCUT2D eigenvalue weighted by Crippen LogP contribution is 2.28. The maximum absolute atomic E-state index is 12.2. The minimum Gasteiger partial charge on any atom is -0.494 e. The number of hydrogen-bond acceptors (Lipinski definition) is 7. The monoisotopic (exact) mass is 552 g/mol. The van der Waals surface area contributed by atoms with Gasteiger partial charge in [0.1, 0.15) is 5.75 Å². The minimum atomic E-state index is -0.939. The summed E-state index contributed by atoms with van der Waals surface area (Å²) in [7, 11) is 1.45. The van der Waals surface area contributed by atoms with Crippen LogP contribution < -0.4 is 30.3 Å². The molecule has 204 valence electrons. The normalized spacial score (nSPS) is 10.5. The molecule has 0 unspecified atom stereocenters. The summed E-state index contributed by atoms with van der Waals surface area (Å²) in [6.07, 6.45) is 3.32. The van der Waals surface area contributed by atoms with Crippen LogP contribution in [0.4, 0.5) is 11.4 Å². The molecule has 0 heterocycles. The zero-order valence-corrected chi connectivity index (χ0v) is 22.3. The van der Waals surface area contributed by atoms with Gasteiger partial charge in [0.25, 0.3) is 5.91 Å². The minimum absolute atomic E-state index is 0.269. The van der Waals surface area contributed by atoms with Gasteiger partial charge in [0, 0.05) is 5.69 Å². The Balaban J connectivity index is 1.48. The van der Waals surface area contributed by atoms with Crippen molar-refractivity contribution in [1.82, 2.24) is 5.43 Å². The van der Waals surface area contributed by atoms with Crippen molar-refractivity contribution in [2.24, 2.45) is 5.10 Å². The lowest BCUT2D eigenvalue weighted by Crippen LogP contribution is -2.32. The van der Waals surface area contributed by atoms with Crippen LogP contribution in [-0.4, -0.2) is 44.3 Å². The summed E-state index contributed by atoms with van der Waals surface area (Å²) in [6, 6.07) is 18.4. The molecule has 0 spiro atoms. The van der Waals surface area contributed by atoms with Gasteiger partial charge in [-0.3, -0.25) is 14.4 Å². The number of rotatable bonds is 12. The molecule has 3 N–H and O–H groups in total. The molecule has 0 aliphatic carbocycles. The van der Waals surface area contributed by atoms with E-state index in [0.717, 1.165) is 12.8 Å². The SMILES string of the molecule is CCCCOc1ccc(NC(=O)C(=O)N/N=C\c2ccc(OCC(=O)Nc3ccccc3Cl)c(OC)c2)cc1. The second-order valence-corrected chi connectivity index (χ2v) is 8.51. The summed E-state index contributed by atoms with van der Waals surface area (Å²) >= 11 is 6.05. The second-order valence-electron chi connectivity index (χ2n) is 8.11. The number of para-hydroxylation sites is 1. The molecule has 3 rings (SSSR count). The van der Waals surface area contributed by atoms with Gasteiger partial charge in [-0.25, -0.2) is 5.43 Å². The molecule has 3 aromatic carbocycles. The van der Waals surface area contributed by atoms with Crippen LogP contribution in [0.15, 0.2) is 71.8 Å². The molecular formula is C28H29ClN4O6. The summed E-state index contributed by atoms with van der Waals surface area (Å²) in [5.74, 6) is -0.852. The number of carbonyl (C=O) groups excluding carboxylic acids is 3. The van der Waals surface area contributed by atoms with Crippen molar-refractivity contribution in [3.63, 3.8) is 0 Å². The maximum Gasteiger partial charge on any atom is 0.329 e. The van der Waals surface area contributed by atoms with Gasteiger partial charge in [-0.2, -0.15) is 5.10 Å². The molecule has 3 amide bonds. The van der Waals surface area contributed by atoms with E-state index in [1.165, 1.54) is 13.3 Å². The number of halogens is 1. The molecule has 0 saturated carbocycles. The fourth-order valence-corrected chi connectivity index (χ4v) is 3.33. The molecule has 0 aliphatic rings. The van der Waals surface area contributed by atoms with E-state index in [1.54, 1.807) is 66.7 Å². The van der Waals surface area contributed by atoms with E-state index in [0.29, 0.717) is 45.8 Å². The maximum atomic E-state index is 12.2. The molecule has 10 nitrogen and oxygen atoms in total. The smallest absolute Gasteiger partial charge is 0.329 e. The number of methoxy groups -OCH3 is 1. The Kier molecular flexibility index (Phi) is 11.1. The number of unbranched alkanes of at least 4 members (excludes halogenated alkanes) is 1. The highest BCUT2D eigenvalue weighted by molar-refractivity contribution is 6.39. The van der Waals surface area contributed by atoms with Gasteiger partial charge < -0.3 is 24.8 Å². The highest BCUT2D eigenvalue weighted by Gasteiger charge is 2.13. The van der Waals surface area contributed by atoms with Crippen molar-refractivity contribution in [2.75, 3.05) is 31.0 Å². The van der Waals surface area contributed by atoms with E-state index in [1.807, 2.05) is 0 Å². The number of hydrogen-bond donors (Lipinski definition) is 3. The zero-order valence-electron chi connectivity index (χ0n) is 21.5. The van der Waals surface area contributed by atoms with Crippen molar-refractivity contribution >= 4 is 46.9 Å². The van der Waals surface area contributed by atoms with Crippen molar-refractivity contribution in [3.05, 3.63) is 77.3 Å². The lowest BCUT2D eigenvalue weighted by molar-refractivity contribution is -0.136. The summed E-state index contributed by atoms with van der Waals surface area (Å²) in [6.45, 7) is 2.43. The molecule has 0 aliphatic heterocycles. The summed E-state index contributed by atoms with van der Waals surface area (Å²) < 4.78 is 16.5. The molecule has 11 heteroatoms. The third kappa shape index (κ3) is 9.35. The molecule has 0 atom stereocenters. The lowest BCUT2D eigenvalue weighted by atomic mass is 10.2. The zero-order chi connectivity index (χ0) is 28.0. The molecule has 3 aromatic rings. The van der Waals surface area contributed by atoms with Crippen LogP contribution in [0.25, 0.3) is 0 Å². The van der Waals surface area contributed by atoms with E-state index in [4.69, 9.17) is 25.8 Å². The number of hydrazone groups is 1. The van der Waals surface area contributed by atoms with Crippen molar-refractivity contribution in [3.8, 4) is 17.2 Å². The van der Waals surface area contributed by atoms with Crippen LogP contribution in [0.3, 0.4) is 0 Å². The molecule has 0 fully saturated rings. The first-order valence-electron chi connectivity index (χ1n) is 12.1. The molecule has 0 bridgehead atoms. The lowest BCUT2D eigenvalue weighted by Gasteiger charge is -2.12. The number of nitrogens with one attached hydrogen (secondary N) is 3. The Labute approximate surface area is 231 Å². The van der Waals surface area contributed by atoms with Gasteiger partial charge in [-0.05, 0) is 66.6 Å². The predicted octanol–water partition coefficient (Wildman–Crippen LogP) is 4.63. The van der Waals surface area contributed by atoms with Gasteiger partial charge in [0.2, 0.25) is 0 Å². The van der Waals surface area contributed by atoms with Gasteiger partial charge in [-0.1, -0.05) is 37.1 Å². The van der Waals surface area contributed by atoms with E-state index in [9.17, 15) is 14.4 Å². The first-order chi connectivity index (χ1) is 18.9. The Morgan fingerprint density at radius 3 is 2.41 bits per heavy atom. The molecule has 0 aromatic heterocycles. The summed E-state index contributed by atoms with van der Waals surface area (Å²) in [5, 5.41) is 9.39. The van der Waals surface area contributed by atoms with Crippen molar-refractivity contribution in [1.29, 1.82) is 0 Å². The van der Waals surface area contributed by atoms with Crippen LogP contribution in [0.5, 0.6) is 17.2 Å². The van der Waals surface area contributed by atoms with Crippen LogP contribution in [0.1, 0.15) is 25.3 Å². The van der Waals surface area contributed by atoms with E-state index >= 15 is 0 Å². The van der Waals surface area contributed by atoms with Crippen LogP contribution in [0.2, 0.25) is 5.02 Å². The standard InChI is InChI=1S/C28H29ClN4O6/c1-3-4-15-38-21-12-10-20(11-13-21)31-27(35)28(36)33-30-17-19-9-14-24(25(16-19)37-2)39-18-26(34)32-23-8-6-5-7-22(23)29/h5-14,16-17H,3-4,15,18H2,1-2H3,(H,31,35)(H,32,34)(H,33,36)/b30-17-. The van der Waals surface area contributed by atoms with Gasteiger partial charge in [0.05, 0.1) is 30.6 Å². The Hall–Kier alpha value is -4.57. The number of benzene rings is 3. The number of ether oxygens (including phenoxy) is 3. The number of carbonyl (C=O) groups is 3. The number of nitrogens with zero attached hydrogens (tertiary/aromatic N) is 1. The fraction of sp³-hybridized carbons (Fsp3) is 0.214. The topological polar surface area (TPSA) is 127 Å². The third-order valence-electron chi connectivity index (χ3n) is 5.16. The molecule has 0 radical (unpaired) electrons. The van der Waals surface area contributed by atoms with E-state index < -0.39 is 17.7 Å². The second kappa shape index (κ2) is 15.0. The first-order valence-corrected chi connectivity index (χ1v) is 12.5. The molecule has 0 saturated heterocycles. The average molecular weight is 553 g/mol. The third-order valence-corrected chi connectivity index (χ3v) is 5.49. The van der Waals surface area contributed by atoms with Crippen LogP contribution >= 0.6 is 11.6 Å². The Morgan fingerprint density at radius 1 is 0.923 bits per heavy atom. The van der Waals surface area contributed by atoms with Crippen molar-refractivity contribution < 1.29 is 28.6 Å². The predicted molar refractivity (Wildman–Crippen MR) is 150 cm³/mol. The summed E-state index contributed by atoms with van der Waals surface area (Å²) in [5.41, 5.74) is 3.66. The van der Waals surface area contributed by atoms with Gasteiger partial charge in [0.15, 0.2) is 18.1 Å². The summed E-state index contributed by atoms with van der Waals surface area (Å²) in [4.78, 5) is 36.5. The number of amides is 3. The number of anilines is 2. The van der Waals surface area contributed by atoms with E-state index in [-0.39, 0.29) is 6.61 Å². The van der Waals surface area contributed by atoms with Crippen molar-refractivity contribution in [2.45, 2.75) is 19.8 Å². The highest BCUT2D eigenvalue weighted by atomic mass is 35.5. The average Bonchev–Trinajstić information content (AvgIpc) is 2.94. The Bertz CT molecular complexity index is 1310. The quantitative estimate of drug-likeness (QED) is 0.130. The van der Waals surface area contributed by atoms with E-state index in [2.05, 4.69) is 28.1 Å². The van der Waals surface area contributed by atoms with Crippen LogP contribution in [-0.2, 0) is 14.4 Å². The first kappa shape index (κ1) is 29.0. The molecule has 39 heavy (non-hydrogen) atoms. The van der Waals surface area contributed by atoms with Crippen LogP contribution in [0, 0.1) is 0 Å². The Morgan fingerprint density at radius 2 is 1.69 bits per heavy atom. The van der Waals surface area contributed by atoms with Gasteiger partial charge >= 0.3 is 11.8 Å². The fourth-order valence-electron chi connectivity index (χ4n) is 3.15. The molecular weight excluding hydrogens is 524 g/mol.